The van der Waals surface area contributed by atoms with Gasteiger partial charge < -0.3 is 30.3 Å². The molecule has 41 heavy (non-hydrogen) atoms. The van der Waals surface area contributed by atoms with Gasteiger partial charge in [0.1, 0.15) is 0 Å². The van der Waals surface area contributed by atoms with Crippen LogP contribution in [-0.2, 0) is 4.79 Å². The SMILES string of the molecule is COc1c(OC(NC(=O)CN)c2ccccc2)c(C)nc2ccc(N3CCN(c4ccncc4)CC3)c(C(C)=O)c12. The van der Waals surface area contributed by atoms with Gasteiger partial charge in [-0.2, -0.15) is 0 Å². The summed E-state index contributed by atoms with van der Waals surface area (Å²) in [6.07, 6.45) is 2.75. The summed E-state index contributed by atoms with van der Waals surface area (Å²) in [6, 6.07) is 17.2. The number of rotatable bonds is 9. The number of aromatic nitrogens is 2. The highest BCUT2D eigenvalue weighted by Gasteiger charge is 2.28. The summed E-state index contributed by atoms with van der Waals surface area (Å²) in [7, 11) is 1.54. The third-order valence-electron chi connectivity index (χ3n) is 7.23. The predicted molar refractivity (Wildman–Crippen MR) is 159 cm³/mol. The average molecular weight is 555 g/mol. The molecule has 1 aliphatic heterocycles. The molecule has 1 saturated heterocycles. The van der Waals surface area contributed by atoms with E-state index in [0.717, 1.165) is 43.1 Å². The Bertz CT molecular complexity index is 1540. The van der Waals surface area contributed by atoms with E-state index in [-0.39, 0.29) is 18.2 Å². The monoisotopic (exact) mass is 554 g/mol. The van der Waals surface area contributed by atoms with Crippen LogP contribution in [-0.4, -0.2) is 61.5 Å². The molecular formula is C31H34N6O4. The van der Waals surface area contributed by atoms with Crippen molar-refractivity contribution in [1.82, 2.24) is 15.3 Å². The molecule has 1 unspecified atom stereocenters. The van der Waals surface area contributed by atoms with Gasteiger partial charge in [0.2, 0.25) is 5.91 Å². The Morgan fingerprint density at radius 1 is 0.976 bits per heavy atom. The fraction of sp³-hybridized carbons (Fsp3) is 0.290. The van der Waals surface area contributed by atoms with Gasteiger partial charge in [-0.15, -0.1) is 0 Å². The number of ketones is 1. The first-order chi connectivity index (χ1) is 19.9. The number of amides is 1. The van der Waals surface area contributed by atoms with Gasteiger partial charge in [0.25, 0.3) is 0 Å². The lowest BCUT2D eigenvalue weighted by molar-refractivity contribution is -0.122. The minimum Gasteiger partial charge on any atom is -0.492 e. The van der Waals surface area contributed by atoms with Crippen LogP contribution >= 0.6 is 0 Å². The number of hydrogen-bond donors (Lipinski definition) is 2. The van der Waals surface area contributed by atoms with E-state index in [0.29, 0.717) is 33.7 Å². The minimum absolute atomic E-state index is 0.104. The zero-order chi connectivity index (χ0) is 28.9. The van der Waals surface area contributed by atoms with E-state index in [1.165, 1.54) is 0 Å². The van der Waals surface area contributed by atoms with Crippen molar-refractivity contribution in [3.8, 4) is 11.5 Å². The lowest BCUT2D eigenvalue weighted by atomic mass is 9.99. The summed E-state index contributed by atoms with van der Waals surface area (Å²) in [5.41, 5.74) is 9.97. The van der Waals surface area contributed by atoms with Crippen LogP contribution in [0.15, 0.2) is 67.0 Å². The molecule has 1 atom stereocenters. The fourth-order valence-corrected chi connectivity index (χ4v) is 5.26. The van der Waals surface area contributed by atoms with Crippen LogP contribution in [0.3, 0.4) is 0 Å². The highest BCUT2D eigenvalue weighted by atomic mass is 16.5. The molecule has 3 N–H and O–H groups in total. The third kappa shape index (κ3) is 5.78. The second-order valence-electron chi connectivity index (χ2n) is 9.83. The Hall–Kier alpha value is -4.70. The van der Waals surface area contributed by atoms with Gasteiger partial charge in [-0.1, -0.05) is 30.3 Å². The third-order valence-corrected chi connectivity index (χ3v) is 7.23. The highest BCUT2D eigenvalue weighted by Crippen LogP contribution is 2.43. The lowest BCUT2D eigenvalue weighted by Gasteiger charge is -2.38. The van der Waals surface area contributed by atoms with Crippen LogP contribution in [0.2, 0.25) is 0 Å². The number of ether oxygens (including phenoxy) is 2. The number of aryl methyl sites for hydroxylation is 1. The topological polar surface area (TPSA) is 123 Å². The van der Waals surface area contributed by atoms with Gasteiger partial charge in [-0.3, -0.25) is 14.6 Å². The Balaban J connectivity index is 1.56. The summed E-state index contributed by atoms with van der Waals surface area (Å²) in [5, 5.41) is 3.40. The van der Waals surface area contributed by atoms with Crippen molar-refractivity contribution in [2.45, 2.75) is 20.1 Å². The Labute approximate surface area is 239 Å². The fourth-order valence-electron chi connectivity index (χ4n) is 5.26. The largest absolute Gasteiger partial charge is 0.492 e. The number of Topliss-reactive ketones (excluding diaryl/α,β-unsaturated/α-hetero) is 1. The number of carbonyl (C=O) groups is 2. The van der Waals surface area contributed by atoms with Crippen molar-refractivity contribution >= 4 is 34.0 Å². The van der Waals surface area contributed by atoms with Gasteiger partial charge in [-0.25, -0.2) is 4.98 Å². The molecule has 5 rings (SSSR count). The second-order valence-corrected chi connectivity index (χ2v) is 9.83. The normalized spacial score (nSPS) is 14.0. The maximum atomic E-state index is 13.3. The van der Waals surface area contributed by atoms with E-state index in [2.05, 4.69) is 20.1 Å². The molecule has 10 heteroatoms. The number of nitrogens with two attached hydrogens (primary N) is 1. The maximum Gasteiger partial charge on any atom is 0.236 e. The summed E-state index contributed by atoms with van der Waals surface area (Å²) in [6.45, 7) is 6.25. The molecule has 2 aromatic carbocycles. The predicted octanol–water partition coefficient (Wildman–Crippen LogP) is 3.63. The summed E-state index contributed by atoms with van der Waals surface area (Å²) >= 11 is 0. The van der Waals surface area contributed by atoms with E-state index in [4.69, 9.17) is 20.2 Å². The molecule has 10 nitrogen and oxygen atoms in total. The van der Waals surface area contributed by atoms with Crippen molar-refractivity contribution in [2.24, 2.45) is 5.73 Å². The molecule has 4 aromatic rings. The number of hydrogen-bond acceptors (Lipinski definition) is 9. The maximum absolute atomic E-state index is 13.3. The van der Waals surface area contributed by atoms with E-state index in [1.807, 2.05) is 61.5 Å². The molecule has 1 amide bonds. The molecule has 0 bridgehead atoms. The average Bonchev–Trinajstić information content (AvgIpc) is 3.01. The van der Waals surface area contributed by atoms with Gasteiger partial charge in [0, 0.05) is 55.5 Å². The molecule has 3 heterocycles. The molecule has 1 aliphatic rings. The number of anilines is 2. The van der Waals surface area contributed by atoms with Crippen LogP contribution in [0.25, 0.3) is 10.9 Å². The zero-order valence-electron chi connectivity index (χ0n) is 23.5. The lowest BCUT2D eigenvalue weighted by Crippen LogP contribution is -2.47. The number of piperazine rings is 1. The van der Waals surface area contributed by atoms with Gasteiger partial charge >= 0.3 is 0 Å². The van der Waals surface area contributed by atoms with Gasteiger partial charge in [0.15, 0.2) is 23.5 Å². The molecule has 0 spiro atoms. The van der Waals surface area contributed by atoms with Crippen molar-refractivity contribution in [3.63, 3.8) is 0 Å². The van der Waals surface area contributed by atoms with Crippen LogP contribution in [0.4, 0.5) is 11.4 Å². The quantitative estimate of drug-likeness (QED) is 0.236. The number of benzene rings is 2. The van der Waals surface area contributed by atoms with Gasteiger partial charge in [0.05, 0.1) is 35.8 Å². The van der Waals surface area contributed by atoms with Crippen molar-refractivity contribution < 1.29 is 19.1 Å². The number of carbonyl (C=O) groups excluding carboxylic acids is 2. The van der Waals surface area contributed by atoms with Crippen LogP contribution in [0, 0.1) is 6.92 Å². The van der Waals surface area contributed by atoms with Crippen LogP contribution in [0.1, 0.15) is 34.8 Å². The Kier molecular flexibility index (Phi) is 8.30. The van der Waals surface area contributed by atoms with E-state index < -0.39 is 6.23 Å². The highest BCUT2D eigenvalue weighted by molar-refractivity contribution is 6.13. The number of fused-ring (bicyclic) bond motifs is 1. The molecule has 0 aliphatic carbocycles. The number of pyridine rings is 2. The first kappa shape index (κ1) is 27.9. The van der Waals surface area contributed by atoms with Crippen LogP contribution < -0.4 is 30.3 Å². The van der Waals surface area contributed by atoms with Crippen LogP contribution in [0.5, 0.6) is 11.5 Å². The van der Waals surface area contributed by atoms with E-state index in [9.17, 15) is 9.59 Å². The summed E-state index contributed by atoms with van der Waals surface area (Å²) in [4.78, 5) is 39.0. The first-order valence-corrected chi connectivity index (χ1v) is 13.5. The molecule has 212 valence electrons. The van der Waals surface area contributed by atoms with Crippen molar-refractivity contribution in [2.75, 3.05) is 49.6 Å². The number of nitrogens with zero attached hydrogens (tertiary/aromatic N) is 4. The summed E-state index contributed by atoms with van der Waals surface area (Å²) in [5.74, 6) is 0.251. The molecule has 0 saturated carbocycles. The second kappa shape index (κ2) is 12.2. The molecule has 2 aromatic heterocycles. The molecular weight excluding hydrogens is 520 g/mol. The molecule has 0 radical (unpaired) electrons. The van der Waals surface area contributed by atoms with Crippen molar-refractivity contribution in [3.05, 3.63) is 83.8 Å². The first-order valence-electron chi connectivity index (χ1n) is 13.5. The standard InChI is InChI=1S/C31H34N6O4/c1-20-29(41-31(35-26(39)19-32)22-7-5-4-6-8-22)30(40-3)28-24(34-20)9-10-25(27(28)21(2)38)37-17-15-36(16-18-37)23-11-13-33-14-12-23/h4-14,31H,15-19,32H2,1-3H3,(H,35,39). The number of methoxy groups -OCH3 is 1. The van der Waals surface area contributed by atoms with Crippen molar-refractivity contribution in [1.29, 1.82) is 0 Å². The Morgan fingerprint density at radius 2 is 1.66 bits per heavy atom. The minimum atomic E-state index is -0.843. The molecule has 1 fully saturated rings. The Morgan fingerprint density at radius 3 is 2.29 bits per heavy atom. The smallest absolute Gasteiger partial charge is 0.236 e. The number of nitrogens with one attached hydrogen (secondary N) is 1. The van der Waals surface area contributed by atoms with E-state index >= 15 is 0 Å². The van der Waals surface area contributed by atoms with E-state index in [1.54, 1.807) is 26.4 Å². The zero-order valence-corrected chi connectivity index (χ0v) is 23.5. The van der Waals surface area contributed by atoms with Gasteiger partial charge in [-0.05, 0) is 38.1 Å². The summed E-state index contributed by atoms with van der Waals surface area (Å²) < 4.78 is 12.3.